The fourth-order valence-corrected chi connectivity index (χ4v) is 4.44. The number of carbonyl (C=O) groups is 1. The van der Waals surface area contributed by atoms with Gasteiger partial charge in [0, 0.05) is 11.6 Å². The molecule has 3 rings (SSSR count). The summed E-state index contributed by atoms with van der Waals surface area (Å²) in [5, 5.41) is 10.6. The summed E-state index contributed by atoms with van der Waals surface area (Å²) < 4.78 is 16.8. The topological polar surface area (TPSA) is 94.3 Å². The molecule has 0 saturated heterocycles. The highest BCUT2D eigenvalue weighted by atomic mass is 32.2. The van der Waals surface area contributed by atoms with E-state index in [0.29, 0.717) is 37.4 Å². The van der Waals surface area contributed by atoms with Gasteiger partial charge in [0.1, 0.15) is 24.2 Å². The number of rotatable bonds is 12. The first-order valence-electron chi connectivity index (χ1n) is 12.6. The highest BCUT2D eigenvalue weighted by Gasteiger charge is 2.26. The second-order valence-electron chi connectivity index (χ2n) is 9.51. The molecule has 0 aliphatic heterocycles. The number of benzene rings is 2. The lowest BCUT2D eigenvalue weighted by molar-refractivity contribution is -0.145. The van der Waals surface area contributed by atoms with Gasteiger partial charge in [-0.1, -0.05) is 57.7 Å². The molecule has 38 heavy (non-hydrogen) atoms. The number of carbonyl (C=O) groups excluding carboxylic acids is 1. The second kappa shape index (κ2) is 13.3. The Kier molecular flexibility index (Phi) is 10.1. The molecule has 1 heterocycles. The van der Waals surface area contributed by atoms with Crippen LogP contribution in [0.15, 0.2) is 53.8 Å². The summed E-state index contributed by atoms with van der Waals surface area (Å²) in [6.07, 6.45) is 4.91. The van der Waals surface area contributed by atoms with Gasteiger partial charge in [0.25, 0.3) is 0 Å². The fourth-order valence-electron chi connectivity index (χ4n) is 4.07. The molecule has 0 aliphatic carbocycles. The Morgan fingerprint density at radius 3 is 2.50 bits per heavy atom. The van der Waals surface area contributed by atoms with Gasteiger partial charge >= 0.3 is 5.97 Å². The summed E-state index contributed by atoms with van der Waals surface area (Å²) >= 11 is 1.50. The van der Waals surface area contributed by atoms with Gasteiger partial charge in [0.05, 0.1) is 30.9 Å². The van der Waals surface area contributed by atoms with Crippen LogP contribution in [0.2, 0.25) is 0 Å². The number of aryl methyl sites for hydroxylation is 1. The highest BCUT2D eigenvalue weighted by Crippen LogP contribution is 2.37. The normalized spacial score (nSPS) is 11.9. The molecular formula is C30H35N3O4S. The van der Waals surface area contributed by atoms with Crippen molar-refractivity contribution in [3.63, 3.8) is 0 Å². The van der Waals surface area contributed by atoms with Crippen LogP contribution in [0.25, 0.3) is 0 Å². The molecule has 1 unspecified atom stereocenters. The minimum Gasteiger partial charge on any atom is -0.492 e. The van der Waals surface area contributed by atoms with Gasteiger partial charge < -0.3 is 14.2 Å². The van der Waals surface area contributed by atoms with E-state index in [1.807, 2.05) is 37.4 Å². The van der Waals surface area contributed by atoms with Crippen LogP contribution >= 0.6 is 11.8 Å². The fraction of sp³-hybridized carbons (Fsp3) is 0.400. The minimum absolute atomic E-state index is 0.267. The summed E-state index contributed by atoms with van der Waals surface area (Å²) in [6.45, 7) is 8.83. The zero-order chi connectivity index (χ0) is 27.7. The third-order valence-corrected chi connectivity index (χ3v) is 7.19. The predicted molar refractivity (Wildman–Crippen MR) is 149 cm³/mol. The van der Waals surface area contributed by atoms with Crippen LogP contribution in [-0.4, -0.2) is 35.9 Å². The van der Waals surface area contributed by atoms with Crippen molar-refractivity contribution in [2.45, 2.75) is 57.7 Å². The monoisotopic (exact) mass is 533 g/mol. The summed E-state index contributed by atoms with van der Waals surface area (Å²) in [5.41, 5.74) is 4.06. The number of aromatic nitrogens is 2. The van der Waals surface area contributed by atoms with Crippen LogP contribution < -0.4 is 9.47 Å². The molecule has 0 saturated carbocycles. The second-order valence-corrected chi connectivity index (χ2v) is 10.3. The molecule has 1 aromatic heterocycles. The van der Waals surface area contributed by atoms with Gasteiger partial charge in [-0.25, -0.2) is 9.97 Å². The molecule has 0 aliphatic rings. The van der Waals surface area contributed by atoms with Gasteiger partial charge in [-0.05, 0) is 60.1 Å². The zero-order valence-electron chi connectivity index (χ0n) is 22.9. The number of ether oxygens (including phenoxy) is 3. The molecule has 3 aromatic rings. The molecule has 1 atom stereocenters. The number of esters is 1. The van der Waals surface area contributed by atoms with Crippen LogP contribution in [0, 0.1) is 17.2 Å². The van der Waals surface area contributed by atoms with Crippen molar-refractivity contribution < 1.29 is 19.0 Å². The first kappa shape index (κ1) is 29.0. The van der Waals surface area contributed by atoms with E-state index in [-0.39, 0.29) is 17.3 Å². The quantitative estimate of drug-likeness (QED) is 0.156. The average Bonchev–Trinajstić information content (AvgIpc) is 2.95. The van der Waals surface area contributed by atoms with Crippen molar-refractivity contribution in [2.75, 3.05) is 20.0 Å². The van der Waals surface area contributed by atoms with Crippen LogP contribution in [0.4, 0.5) is 0 Å². The SMILES string of the molecule is CCc1cc(C(C)(C)c2ccc(OCc3ccnc(SC)n3)cc2)cc(C#N)c1OCCC(C)C(=O)OC. The van der Waals surface area contributed by atoms with Crippen LogP contribution in [0.3, 0.4) is 0 Å². The molecule has 0 amide bonds. The van der Waals surface area contributed by atoms with Gasteiger partial charge in [0.15, 0.2) is 5.16 Å². The Hall–Kier alpha value is -3.57. The number of nitrogens with zero attached hydrogens (tertiary/aromatic N) is 3. The van der Waals surface area contributed by atoms with Crippen LogP contribution in [0.5, 0.6) is 11.5 Å². The summed E-state index contributed by atoms with van der Waals surface area (Å²) in [7, 11) is 1.38. The van der Waals surface area contributed by atoms with Crippen molar-refractivity contribution in [3.05, 3.63) is 76.6 Å². The molecule has 0 fully saturated rings. The molecule has 0 bridgehead atoms. The van der Waals surface area contributed by atoms with Gasteiger partial charge in [-0.15, -0.1) is 0 Å². The molecule has 0 N–H and O–H groups in total. The number of hydrogen-bond donors (Lipinski definition) is 0. The molecule has 7 nitrogen and oxygen atoms in total. The number of thioether (sulfide) groups is 1. The van der Waals surface area contributed by atoms with E-state index >= 15 is 0 Å². The summed E-state index contributed by atoms with van der Waals surface area (Å²) in [4.78, 5) is 20.3. The number of nitriles is 1. The lowest BCUT2D eigenvalue weighted by atomic mass is 9.77. The van der Waals surface area contributed by atoms with Crippen molar-refractivity contribution in [2.24, 2.45) is 5.92 Å². The third kappa shape index (κ3) is 7.05. The maximum atomic E-state index is 11.7. The maximum absolute atomic E-state index is 11.7. The standard InChI is InChI=1S/C30H35N3O4S/c1-7-21-16-24(17-22(18-31)27(21)36-15-13-20(2)28(34)35-5)30(3,4)23-8-10-26(11-9-23)37-19-25-12-14-32-29(33-25)38-6/h8-12,14,16-17,20H,7,13,15,19H2,1-6H3. The van der Waals surface area contributed by atoms with Crippen molar-refractivity contribution in [3.8, 4) is 17.6 Å². The Bertz CT molecular complexity index is 1290. The zero-order valence-corrected chi connectivity index (χ0v) is 23.7. The van der Waals surface area contributed by atoms with E-state index in [0.717, 1.165) is 33.3 Å². The lowest BCUT2D eigenvalue weighted by Gasteiger charge is -2.28. The first-order valence-corrected chi connectivity index (χ1v) is 13.8. The Balaban J connectivity index is 1.76. The van der Waals surface area contributed by atoms with Crippen molar-refractivity contribution in [1.29, 1.82) is 5.26 Å². The van der Waals surface area contributed by atoms with E-state index in [1.54, 1.807) is 13.1 Å². The van der Waals surface area contributed by atoms with E-state index in [9.17, 15) is 10.1 Å². The number of hydrogen-bond acceptors (Lipinski definition) is 8. The van der Waals surface area contributed by atoms with E-state index in [2.05, 4.69) is 48.1 Å². The van der Waals surface area contributed by atoms with Gasteiger partial charge in [-0.2, -0.15) is 5.26 Å². The lowest BCUT2D eigenvalue weighted by Crippen LogP contribution is -2.20. The Labute approximate surface area is 229 Å². The average molecular weight is 534 g/mol. The molecule has 200 valence electrons. The molecule has 2 aromatic carbocycles. The predicted octanol–water partition coefficient (Wildman–Crippen LogP) is 6.12. The first-order chi connectivity index (χ1) is 18.2. The Morgan fingerprint density at radius 2 is 1.87 bits per heavy atom. The molecule has 8 heteroatoms. The number of methoxy groups -OCH3 is 1. The molecule has 0 spiro atoms. The third-order valence-electron chi connectivity index (χ3n) is 6.63. The van der Waals surface area contributed by atoms with Gasteiger partial charge in [0.2, 0.25) is 0 Å². The molecule has 0 radical (unpaired) electrons. The van der Waals surface area contributed by atoms with Crippen molar-refractivity contribution >= 4 is 17.7 Å². The van der Waals surface area contributed by atoms with Crippen LogP contribution in [-0.2, 0) is 28.0 Å². The van der Waals surface area contributed by atoms with Gasteiger partial charge in [-0.3, -0.25) is 4.79 Å². The van der Waals surface area contributed by atoms with E-state index < -0.39 is 0 Å². The minimum atomic E-state index is -0.355. The van der Waals surface area contributed by atoms with E-state index in [4.69, 9.17) is 14.2 Å². The highest BCUT2D eigenvalue weighted by molar-refractivity contribution is 7.98. The summed E-state index contributed by atoms with van der Waals surface area (Å²) in [5.74, 6) is 0.808. The summed E-state index contributed by atoms with van der Waals surface area (Å²) in [6, 6.07) is 16.2. The Morgan fingerprint density at radius 1 is 1.13 bits per heavy atom. The molecular weight excluding hydrogens is 498 g/mol. The van der Waals surface area contributed by atoms with E-state index in [1.165, 1.54) is 18.9 Å². The van der Waals surface area contributed by atoms with Crippen LogP contribution in [0.1, 0.15) is 62.1 Å². The van der Waals surface area contributed by atoms with Crippen molar-refractivity contribution in [1.82, 2.24) is 9.97 Å². The maximum Gasteiger partial charge on any atom is 0.308 e. The smallest absolute Gasteiger partial charge is 0.308 e. The largest absolute Gasteiger partial charge is 0.492 e.